The Bertz CT molecular complexity index is 480. The molecule has 18 heavy (non-hydrogen) atoms. The van der Waals surface area contributed by atoms with Gasteiger partial charge in [-0.3, -0.25) is 0 Å². The van der Waals surface area contributed by atoms with Crippen LogP contribution in [0.25, 0.3) is 0 Å². The van der Waals surface area contributed by atoms with Crippen LogP contribution in [0.4, 0.5) is 22.0 Å². The van der Waals surface area contributed by atoms with E-state index in [1.54, 1.807) is 0 Å². The molecule has 0 aliphatic heterocycles. The van der Waals surface area contributed by atoms with E-state index < -0.39 is 42.0 Å². The summed E-state index contributed by atoms with van der Waals surface area (Å²) >= 11 is 0. The van der Waals surface area contributed by atoms with E-state index in [1.807, 2.05) is 0 Å². The number of aromatic nitrogens is 1. The molecule has 0 radical (unpaired) electrons. The summed E-state index contributed by atoms with van der Waals surface area (Å²) in [6.07, 6.45) is -8.09. The zero-order chi connectivity index (χ0) is 13.9. The highest BCUT2D eigenvalue weighted by atomic mass is 19.4. The van der Waals surface area contributed by atoms with Gasteiger partial charge in [-0.1, -0.05) is 0 Å². The number of ether oxygens (including phenoxy) is 1. The molecule has 0 saturated heterocycles. The van der Waals surface area contributed by atoms with Gasteiger partial charge in [-0.25, -0.2) is 13.8 Å². The third kappa shape index (κ3) is 3.27. The van der Waals surface area contributed by atoms with Crippen LogP contribution in [0.1, 0.15) is 23.4 Å². The molecule has 1 aromatic heterocycles. The Hall–Kier alpha value is -1.95. The first kappa shape index (κ1) is 14.1. The summed E-state index contributed by atoms with van der Waals surface area (Å²) in [6.45, 7) is -0.569. The third-order valence-electron chi connectivity index (χ3n) is 1.82. The molecule has 0 atom stereocenters. The van der Waals surface area contributed by atoms with Crippen molar-refractivity contribution < 1.29 is 26.7 Å². The molecule has 0 aliphatic rings. The smallest absolute Gasteiger partial charge is 0.402 e. The average Bonchev–Trinajstić information content (AvgIpc) is 2.26. The number of alkyl halides is 5. The van der Waals surface area contributed by atoms with Gasteiger partial charge in [-0.05, 0) is 6.07 Å². The molecule has 9 heteroatoms. The zero-order valence-electron chi connectivity index (χ0n) is 8.63. The monoisotopic (exact) mass is 267 g/mol. The summed E-state index contributed by atoms with van der Waals surface area (Å²) in [7, 11) is 0. The fourth-order valence-electron chi connectivity index (χ4n) is 1.17. The lowest BCUT2D eigenvalue weighted by Crippen LogP contribution is -2.20. The maximum Gasteiger partial charge on any atom is 0.573 e. The van der Waals surface area contributed by atoms with Crippen molar-refractivity contribution in [1.82, 2.24) is 4.98 Å². The molecule has 2 N–H and O–H groups in total. The van der Waals surface area contributed by atoms with Gasteiger partial charge in [-0.2, -0.15) is 5.26 Å². The number of nitrogens with two attached hydrogens (primary N) is 1. The minimum atomic E-state index is -5.07. The van der Waals surface area contributed by atoms with Crippen molar-refractivity contribution in [2.45, 2.75) is 19.3 Å². The number of nitrogens with zero attached hydrogens (tertiary/aromatic N) is 2. The predicted molar refractivity (Wildman–Crippen MR) is 48.5 cm³/mol. The van der Waals surface area contributed by atoms with E-state index in [0.717, 1.165) is 0 Å². The molecule has 0 saturated carbocycles. The van der Waals surface area contributed by atoms with E-state index in [-0.39, 0.29) is 0 Å². The maximum absolute atomic E-state index is 12.4. The van der Waals surface area contributed by atoms with Crippen LogP contribution in [-0.2, 0) is 6.54 Å². The van der Waals surface area contributed by atoms with E-state index in [0.29, 0.717) is 6.07 Å². The van der Waals surface area contributed by atoms with Crippen LogP contribution in [-0.4, -0.2) is 11.3 Å². The summed E-state index contributed by atoms with van der Waals surface area (Å²) < 4.78 is 64.6. The third-order valence-corrected chi connectivity index (χ3v) is 1.82. The van der Waals surface area contributed by atoms with E-state index in [9.17, 15) is 22.0 Å². The summed E-state index contributed by atoms with van der Waals surface area (Å²) in [4.78, 5) is 3.23. The van der Waals surface area contributed by atoms with Crippen molar-refractivity contribution in [3.05, 3.63) is 23.0 Å². The number of rotatable bonds is 3. The number of nitriles is 1. The van der Waals surface area contributed by atoms with Crippen LogP contribution in [0.2, 0.25) is 0 Å². The Morgan fingerprint density at radius 3 is 2.44 bits per heavy atom. The topological polar surface area (TPSA) is 71.9 Å². The maximum atomic E-state index is 12.4. The standard InChI is InChI=1S/C9H6F5N3O/c10-8(11)5-1-4(2-15)7(6(3-16)17-5)18-9(12,13)14/h1,8H,3,16H2. The van der Waals surface area contributed by atoms with Gasteiger partial charge in [0.15, 0.2) is 5.75 Å². The van der Waals surface area contributed by atoms with Gasteiger partial charge in [0.2, 0.25) is 0 Å². The summed E-state index contributed by atoms with van der Waals surface area (Å²) in [5.74, 6) is -0.947. The highest BCUT2D eigenvalue weighted by molar-refractivity contribution is 5.47. The molecular weight excluding hydrogens is 261 g/mol. The molecule has 0 aromatic carbocycles. The molecule has 1 heterocycles. The first-order valence-electron chi connectivity index (χ1n) is 4.46. The molecule has 0 spiro atoms. The van der Waals surface area contributed by atoms with Gasteiger partial charge >= 0.3 is 6.36 Å². The molecule has 1 aromatic rings. The second kappa shape index (κ2) is 5.14. The minimum Gasteiger partial charge on any atom is -0.402 e. The van der Waals surface area contributed by atoms with E-state index >= 15 is 0 Å². The second-order valence-electron chi connectivity index (χ2n) is 3.03. The van der Waals surface area contributed by atoms with Gasteiger partial charge in [0.05, 0.1) is 11.3 Å². The largest absolute Gasteiger partial charge is 0.573 e. The predicted octanol–water partition coefficient (Wildman–Crippen LogP) is 2.25. The highest BCUT2D eigenvalue weighted by Gasteiger charge is 2.34. The quantitative estimate of drug-likeness (QED) is 0.852. The normalized spacial score (nSPS) is 11.4. The van der Waals surface area contributed by atoms with Crippen LogP contribution in [0.3, 0.4) is 0 Å². The fraction of sp³-hybridized carbons (Fsp3) is 0.333. The van der Waals surface area contributed by atoms with Crippen LogP contribution in [0.5, 0.6) is 5.75 Å². The van der Waals surface area contributed by atoms with E-state index in [2.05, 4.69) is 9.72 Å². The lowest BCUT2D eigenvalue weighted by atomic mass is 10.1. The van der Waals surface area contributed by atoms with Gasteiger partial charge in [-0.15, -0.1) is 13.2 Å². The Morgan fingerprint density at radius 1 is 1.44 bits per heavy atom. The fourth-order valence-corrected chi connectivity index (χ4v) is 1.17. The average molecular weight is 267 g/mol. The Morgan fingerprint density at radius 2 is 2.06 bits per heavy atom. The van der Waals surface area contributed by atoms with Gasteiger partial charge in [0.1, 0.15) is 11.8 Å². The van der Waals surface area contributed by atoms with Crippen molar-refractivity contribution in [1.29, 1.82) is 5.26 Å². The number of halogens is 5. The minimum absolute atomic E-state index is 0.533. The molecular formula is C9H6F5N3O. The zero-order valence-corrected chi connectivity index (χ0v) is 8.63. The van der Waals surface area contributed by atoms with Crippen LogP contribution in [0.15, 0.2) is 6.07 Å². The lowest BCUT2D eigenvalue weighted by Gasteiger charge is -2.14. The van der Waals surface area contributed by atoms with Gasteiger partial charge in [0, 0.05) is 6.54 Å². The van der Waals surface area contributed by atoms with Crippen molar-refractivity contribution in [3.8, 4) is 11.8 Å². The van der Waals surface area contributed by atoms with Crippen LogP contribution < -0.4 is 10.5 Å². The Kier molecular flexibility index (Phi) is 4.03. The summed E-state index contributed by atoms with van der Waals surface area (Å²) in [5.41, 5.74) is 3.02. The molecule has 1 rings (SSSR count). The first-order valence-corrected chi connectivity index (χ1v) is 4.46. The van der Waals surface area contributed by atoms with Crippen molar-refractivity contribution in [2.75, 3.05) is 0 Å². The molecule has 98 valence electrons. The van der Waals surface area contributed by atoms with Crippen molar-refractivity contribution in [3.63, 3.8) is 0 Å². The Balaban J connectivity index is 3.36. The van der Waals surface area contributed by atoms with Crippen molar-refractivity contribution in [2.24, 2.45) is 5.73 Å². The highest BCUT2D eigenvalue weighted by Crippen LogP contribution is 2.31. The Labute approximate surface area is 97.8 Å². The van der Waals surface area contributed by atoms with Gasteiger partial charge in [0.25, 0.3) is 6.43 Å². The molecule has 0 unspecified atom stereocenters. The number of pyridine rings is 1. The molecule has 4 nitrogen and oxygen atoms in total. The second-order valence-corrected chi connectivity index (χ2v) is 3.03. The molecule has 0 bridgehead atoms. The van der Waals surface area contributed by atoms with Crippen LogP contribution >= 0.6 is 0 Å². The van der Waals surface area contributed by atoms with Gasteiger partial charge < -0.3 is 10.5 Å². The van der Waals surface area contributed by atoms with Crippen LogP contribution in [0, 0.1) is 11.3 Å². The lowest BCUT2D eigenvalue weighted by molar-refractivity contribution is -0.275. The number of hydrogen-bond donors (Lipinski definition) is 1. The van der Waals surface area contributed by atoms with E-state index in [4.69, 9.17) is 11.0 Å². The summed E-state index contributed by atoms with van der Waals surface area (Å²) in [6, 6.07) is 1.87. The molecule has 0 aliphatic carbocycles. The molecule has 0 amide bonds. The molecule has 0 fully saturated rings. The summed E-state index contributed by atoms with van der Waals surface area (Å²) in [5, 5.41) is 8.63. The first-order chi connectivity index (χ1) is 8.28. The SMILES string of the molecule is N#Cc1cc(C(F)F)nc(CN)c1OC(F)(F)F. The van der Waals surface area contributed by atoms with Crippen molar-refractivity contribution >= 4 is 0 Å². The number of hydrogen-bond acceptors (Lipinski definition) is 4. The van der Waals surface area contributed by atoms with E-state index in [1.165, 1.54) is 6.07 Å².